The van der Waals surface area contributed by atoms with Gasteiger partial charge in [-0.25, -0.2) is 0 Å². The molecule has 7 nitrogen and oxygen atoms in total. The number of carbonyl (C=O) groups excluding carboxylic acids is 2. The SMILES string of the molecule is Cc1cc(N2CCC[C@H](N3CCN(C(=O)CC(F)(F)F)CC3)C2=O)n(C)n1. The summed E-state index contributed by atoms with van der Waals surface area (Å²) in [6, 6.07) is 1.56. The van der Waals surface area contributed by atoms with Crippen LogP contribution >= 0.6 is 0 Å². The molecule has 0 spiro atoms. The number of rotatable bonds is 3. The molecule has 1 aromatic heterocycles. The average Bonchev–Trinajstić information content (AvgIpc) is 2.92. The van der Waals surface area contributed by atoms with Gasteiger partial charge in [0.1, 0.15) is 12.2 Å². The molecule has 10 heteroatoms. The van der Waals surface area contributed by atoms with E-state index in [0.717, 1.165) is 17.9 Å². The van der Waals surface area contributed by atoms with Crippen LogP contribution in [0.3, 0.4) is 0 Å². The molecule has 0 N–H and O–H groups in total. The van der Waals surface area contributed by atoms with E-state index in [1.54, 1.807) is 16.6 Å². The lowest BCUT2D eigenvalue weighted by molar-refractivity contribution is -0.162. The minimum atomic E-state index is -4.49. The smallest absolute Gasteiger partial charge is 0.340 e. The number of nitrogens with zero attached hydrogens (tertiary/aromatic N) is 5. The number of alkyl halides is 3. The van der Waals surface area contributed by atoms with Crippen molar-refractivity contribution in [2.75, 3.05) is 37.6 Å². The van der Waals surface area contributed by atoms with Gasteiger partial charge in [0.25, 0.3) is 0 Å². The zero-order chi connectivity index (χ0) is 19.8. The molecule has 0 radical (unpaired) electrons. The van der Waals surface area contributed by atoms with E-state index in [4.69, 9.17) is 0 Å². The van der Waals surface area contributed by atoms with E-state index in [-0.39, 0.29) is 25.0 Å². The van der Waals surface area contributed by atoms with Gasteiger partial charge in [-0.3, -0.25) is 24.1 Å². The summed E-state index contributed by atoms with van der Waals surface area (Å²) < 4.78 is 38.9. The molecular weight excluding hydrogens is 363 g/mol. The van der Waals surface area contributed by atoms with Crippen LogP contribution in [0.25, 0.3) is 0 Å². The summed E-state index contributed by atoms with van der Waals surface area (Å²) in [5.41, 5.74) is 0.833. The Labute approximate surface area is 155 Å². The van der Waals surface area contributed by atoms with Gasteiger partial charge in [0.2, 0.25) is 11.8 Å². The number of amides is 2. The molecule has 2 amide bonds. The highest BCUT2D eigenvalue weighted by molar-refractivity contribution is 5.97. The number of anilines is 1. The second-order valence-corrected chi connectivity index (χ2v) is 7.12. The summed E-state index contributed by atoms with van der Waals surface area (Å²) in [7, 11) is 1.80. The van der Waals surface area contributed by atoms with Gasteiger partial charge in [-0.1, -0.05) is 0 Å². The Balaban J connectivity index is 1.61. The molecule has 0 unspecified atom stereocenters. The molecular formula is C17H24F3N5O2. The molecule has 2 aliphatic heterocycles. The first-order valence-electron chi connectivity index (χ1n) is 9.06. The third kappa shape index (κ3) is 4.42. The number of aromatic nitrogens is 2. The van der Waals surface area contributed by atoms with Gasteiger partial charge in [-0.05, 0) is 19.8 Å². The number of carbonyl (C=O) groups is 2. The molecule has 0 aliphatic carbocycles. The molecule has 1 aromatic rings. The van der Waals surface area contributed by atoms with Crippen molar-refractivity contribution < 1.29 is 22.8 Å². The normalized spacial score (nSPS) is 22.4. The Morgan fingerprint density at radius 3 is 2.44 bits per heavy atom. The van der Waals surface area contributed by atoms with Crippen LogP contribution in [0.1, 0.15) is 25.0 Å². The molecule has 150 valence electrons. The quantitative estimate of drug-likeness (QED) is 0.785. The summed E-state index contributed by atoms with van der Waals surface area (Å²) in [5.74, 6) is -0.162. The highest BCUT2D eigenvalue weighted by Gasteiger charge is 2.38. The highest BCUT2D eigenvalue weighted by Crippen LogP contribution is 2.26. The minimum Gasteiger partial charge on any atom is -0.340 e. The number of halogens is 3. The molecule has 0 aromatic carbocycles. The molecule has 2 fully saturated rings. The molecule has 2 aliphatic rings. The fourth-order valence-corrected chi connectivity index (χ4v) is 3.84. The van der Waals surface area contributed by atoms with E-state index in [9.17, 15) is 22.8 Å². The van der Waals surface area contributed by atoms with Crippen molar-refractivity contribution in [1.29, 1.82) is 0 Å². The van der Waals surface area contributed by atoms with Gasteiger partial charge in [-0.2, -0.15) is 18.3 Å². The fraction of sp³-hybridized carbons (Fsp3) is 0.706. The predicted molar refractivity (Wildman–Crippen MR) is 92.1 cm³/mol. The lowest BCUT2D eigenvalue weighted by Crippen LogP contribution is -2.58. The van der Waals surface area contributed by atoms with E-state index in [1.165, 1.54) is 4.90 Å². The fourth-order valence-electron chi connectivity index (χ4n) is 3.84. The third-order valence-electron chi connectivity index (χ3n) is 5.12. The van der Waals surface area contributed by atoms with E-state index in [1.807, 2.05) is 17.9 Å². The van der Waals surface area contributed by atoms with Gasteiger partial charge in [-0.15, -0.1) is 0 Å². The molecule has 0 bridgehead atoms. The zero-order valence-corrected chi connectivity index (χ0v) is 15.5. The number of piperazine rings is 1. The highest BCUT2D eigenvalue weighted by atomic mass is 19.4. The Kier molecular flexibility index (Phi) is 5.45. The number of hydrogen-bond donors (Lipinski definition) is 0. The third-order valence-corrected chi connectivity index (χ3v) is 5.12. The molecule has 0 saturated carbocycles. The van der Waals surface area contributed by atoms with Crippen molar-refractivity contribution in [1.82, 2.24) is 19.6 Å². The van der Waals surface area contributed by atoms with Gasteiger partial charge in [0, 0.05) is 45.8 Å². The van der Waals surface area contributed by atoms with Crippen LogP contribution in [0.4, 0.5) is 19.0 Å². The van der Waals surface area contributed by atoms with Gasteiger partial charge >= 0.3 is 6.18 Å². The van der Waals surface area contributed by atoms with Crippen molar-refractivity contribution >= 4 is 17.6 Å². The minimum absolute atomic E-state index is 0.0145. The maximum absolute atomic E-state index is 13.0. The monoisotopic (exact) mass is 387 g/mol. The summed E-state index contributed by atoms with van der Waals surface area (Å²) in [4.78, 5) is 29.7. The summed E-state index contributed by atoms with van der Waals surface area (Å²) in [5, 5.41) is 4.29. The van der Waals surface area contributed by atoms with E-state index < -0.39 is 18.5 Å². The van der Waals surface area contributed by atoms with Crippen LogP contribution in [-0.2, 0) is 16.6 Å². The van der Waals surface area contributed by atoms with Crippen molar-refractivity contribution in [3.05, 3.63) is 11.8 Å². The largest absolute Gasteiger partial charge is 0.397 e. The standard InChI is InChI=1S/C17H24F3N5O2/c1-12-10-14(22(2)21-12)25-5-3-4-13(16(25)27)23-6-8-24(9-7-23)15(26)11-17(18,19)20/h10,13H,3-9,11H2,1-2H3/t13-/m0/s1. The van der Waals surface area contributed by atoms with Crippen molar-refractivity contribution in [3.8, 4) is 0 Å². The summed E-state index contributed by atoms with van der Waals surface area (Å²) in [6.07, 6.45) is -4.37. The number of piperidine rings is 1. The first kappa shape index (κ1) is 19.7. The van der Waals surface area contributed by atoms with Gasteiger partial charge < -0.3 is 4.90 Å². The van der Waals surface area contributed by atoms with E-state index in [2.05, 4.69) is 5.10 Å². The Hall–Kier alpha value is -2.10. The Bertz CT molecular complexity index is 710. The molecule has 3 rings (SSSR count). The van der Waals surface area contributed by atoms with Gasteiger partial charge in [0.15, 0.2) is 0 Å². The van der Waals surface area contributed by atoms with Crippen LogP contribution in [-0.4, -0.2) is 76.3 Å². The van der Waals surface area contributed by atoms with Gasteiger partial charge in [0.05, 0.1) is 11.7 Å². The van der Waals surface area contributed by atoms with Crippen LogP contribution < -0.4 is 4.90 Å². The molecule has 27 heavy (non-hydrogen) atoms. The topological polar surface area (TPSA) is 61.7 Å². The number of aryl methyl sites for hydroxylation is 2. The van der Waals surface area contributed by atoms with Crippen LogP contribution in [0, 0.1) is 6.92 Å². The lowest BCUT2D eigenvalue weighted by atomic mass is 10.0. The maximum atomic E-state index is 13.0. The second-order valence-electron chi connectivity index (χ2n) is 7.12. The van der Waals surface area contributed by atoms with Crippen molar-refractivity contribution in [3.63, 3.8) is 0 Å². The first-order chi connectivity index (χ1) is 12.7. The van der Waals surface area contributed by atoms with E-state index >= 15 is 0 Å². The van der Waals surface area contributed by atoms with Crippen LogP contribution in [0.2, 0.25) is 0 Å². The summed E-state index contributed by atoms with van der Waals surface area (Å²) in [6.45, 7) is 3.72. The summed E-state index contributed by atoms with van der Waals surface area (Å²) >= 11 is 0. The average molecular weight is 387 g/mol. The van der Waals surface area contributed by atoms with Crippen molar-refractivity contribution in [2.24, 2.45) is 7.05 Å². The predicted octanol–water partition coefficient (Wildman–Crippen LogP) is 1.32. The van der Waals surface area contributed by atoms with Crippen LogP contribution in [0.15, 0.2) is 6.07 Å². The van der Waals surface area contributed by atoms with E-state index in [0.29, 0.717) is 26.1 Å². The zero-order valence-electron chi connectivity index (χ0n) is 15.5. The molecule has 2 saturated heterocycles. The molecule has 3 heterocycles. The number of hydrogen-bond acceptors (Lipinski definition) is 4. The Morgan fingerprint density at radius 2 is 1.89 bits per heavy atom. The second kappa shape index (κ2) is 7.49. The van der Waals surface area contributed by atoms with Crippen molar-refractivity contribution in [2.45, 2.75) is 38.4 Å². The Morgan fingerprint density at radius 1 is 1.22 bits per heavy atom. The first-order valence-corrected chi connectivity index (χ1v) is 9.06. The lowest BCUT2D eigenvalue weighted by Gasteiger charge is -2.42. The maximum Gasteiger partial charge on any atom is 0.397 e. The van der Waals surface area contributed by atoms with Crippen LogP contribution in [0.5, 0.6) is 0 Å². The molecule has 1 atom stereocenters.